The number of rotatable bonds is 7. The predicted octanol–water partition coefficient (Wildman–Crippen LogP) is 5.72. The number of thioether (sulfide) groups is 1. The highest BCUT2D eigenvalue weighted by atomic mass is 35.5. The summed E-state index contributed by atoms with van der Waals surface area (Å²) in [6.45, 7) is 4.13. The number of hydrogen-bond acceptors (Lipinski definition) is 3. The first-order valence-electron chi connectivity index (χ1n) is 9.17. The fourth-order valence-electron chi connectivity index (χ4n) is 3.09. The number of anilines is 1. The smallest absolute Gasteiger partial charge is 0.268 e. The molecule has 0 bridgehead atoms. The minimum absolute atomic E-state index is 0.252. The zero-order valence-electron chi connectivity index (χ0n) is 15.5. The molecule has 0 unspecified atom stereocenters. The van der Waals surface area contributed by atoms with E-state index in [0.29, 0.717) is 21.2 Å². The second-order valence-corrected chi connectivity index (χ2v) is 8.07. The number of nitrogens with zero attached hydrogens (tertiary/aromatic N) is 1. The lowest BCUT2D eigenvalue weighted by Crippen LogP contribution is -2.31. The summed E-state index contributed by atoms with van der Waals surface area (Å²) in [6.07, 6.45) is 3.27. The van der Waals surface area contributed by atoms with E-state index in [4.69, 9.17) is 11.6 Å². The van der Waals surface area contributed by atoms with Crippen molar-refractivity contribution in [2.45, 2.75) is 33.1 Å². The van der Waals surface area contributed by atoms with E-state index in [1.807, 2.05) is 31.2 Å². The van der Waals surface area contributed by atoms with Crippen molar-refractivity contribution >= 4 is 46.4 Å². The van der Waals surface area contributed by atoms with Crippen LogP contribution in [0.3, 0.4) is 0 Å². The Hall–Kier alpha value is -2.04. The molecular weight excluding hydrogens is 378 g/mol. The Morgan fingerprint density at radius 2 is 1.59 bits per heavy atom. The molecule has 0 fully saturated rings. The van der Waals surface area contributed by atoms with Crippen molar-refractivity contribution < 1.29 is 9.59 Å². The van der Waals surface area contributed by atoms with Crippen LogP contribution in [0.15, 0.2) is 53.4 Å². The lowest BCUT2D eigenvalue weighted by molar-refractivity contribution is -0.119. The highest BCUT2D eigenvalue weighted by Gasteiger charge is 2.39. The average Bonchev–Trinajstić information content (AvgIpc) is 2.92. The normalized spacial score (nSPS) is 14.4. The summed E-state index contributed by atoms with van der Waals surface area (Å²) in [5.74, 6) is 0.188. The molecule has 27 heavy (non-hydrogen) atoms. The Morgan fingerprint density at radius 3 is 2.19 bits per heavy atom. The molecule has 2 amide bonds. The van der Waals surface area contributed by atoms with Gasteiger partial charge in [-0.25, -0.2) is 4.90 Å². The van der Waals surface area contributed by atoms with Crippen LogP contribution in [0.1, 0.15) is 37.8 Å². The summed E-state index contributed by atoms with van der Waals surface area (Å²) >= 11 is 7.38. The van der Waals surface area contributed by atoms with Crippen molar-refractivity contribution in [3.05, 3.63) is 69.6 Å². The predicted molar refractivity (Wildman–Crippen MR) is 114 cm³/mol. The van der Waals surface area contributed by atoms with Crippen molar-refractivity contribution in [3.8, 4) is 0 Å². The molecular formula is C22H22ClNO2S. The van der Waals surface area contributed by atoms with Crippen molar-refractivity contribution in [1.29, 1.82) is 0 Å². The van der Waals surface area contributed by atoms with Gasteiger partial charge in [0, 0.05) is 5.02 Å². The Bertz CT molecular complexity index is 872. The van der Waals surface area contributed by atoms with Crippen LogP contribution in [0.5, 0.6) is 0 Å². The summed E-state index contributed by atoms with van der Waals surface area (Å²) in [4.78, 5) is 27.9. The van der Waals surface area contributed by atoms with E-state index in [-0.39, 0.29) is 11.8 Å². The molecule has 1 aliphatic heterocycles. The maximum Gasteiger partial charge on any atom is 0.272 e. The van der Waals surface area contributed by atoms with Gasteiger partial charge in [-0.15, -0.1) is 11.8 Å². The van der Waals surface area contributed by atoms with Gasteiger partial charge in [-0.2, -0.15) is 0 Å². The molecule has 0 saturated carbocycles. The summed E-state index contributed by atoms with van der Waals surface area (Å²) in [5, 5.41) is 0.598. The largest absolute Gasteiger partial charge is 0.272 e. The van der Waals surface area contributed by atoms with E-state index in [2.05, 4.69) is 6.92 Å². The first kappa shape index (κ1) is 19.7. The van der Waals surface area contributed by atoms with Gasteiger partial charge in [-0.3, -0.25) is 9.59 Å². The molecule has 0 saturated heterocycles. The Morgan fingerprint density at radius 1 is 0.926 bits per heavy atom. The SMILES string of the molecule is CCCCc1ccc(N2C(=O)C(SCC)=C(c3ccc(Cl)cc3)C2=O)cc1. The van der Waals surface area contributed by atoms with Crippen molar-refractivity contribution in [2.75, 3.05) is 10.7 Å². The Balaban J connectivity index is 1.94. The van der Waals surface area contributed by atoms with Crippen LogP contribution in [0, 0.1) is 0 Å². The van der Waals surface area contributed by atoms with Gasteiger partial charge in [0.2, 0.25) is 0 Å². The number of aryl methyl sites for hydroxylation is 1. The minimum Gasteiger partial charge on any atom is -0.268 e. The van der Waals surface area contributed by atoms with E-state index in [1.165, 1.54) is 22.2 Å². The van der Waals surface area contributed by atoms with E-state index in [1.54, 1.807) is 24.3 Å². The number of carbonyl (C=O) groups is 2. The lowest BCUT2D eigenvalue weighted by atomic mass is 10.1. The second-order valence-electron chi connectivity index (χ2n) is 6.36. The second kappa shape index (κ2) is 8.77. The number of halogens is 1. The molecule has 1 heterocycles. The topological polar surface area (TPSA) is 37.4 Å². The highest BCUT2D eigenvalue weighted by Crippen LogP contribution is 2.38. The fraction of sp³-hybridized carbons (Fsp3) is 0.273. The van der Waals surface area contributed by atoms with Gasteiger partial charge in [-0.1, -0.05) is 56.1 Å². The van der Waals surface area contributed by atoms with Crippen LogP contribution < -0.4 is 4.90 Å². The van der Waals surface area contributed by atoms with Gasteiger partial charge < -0.3 is 0 Å². The number of unbranched alkanes of at least 4 members (excludes halogenated alkanes) is 1. The molecule has 3 nitrogen and oxygen atoms in total. The quantitative estimate of drug-likeness (QED) is 0.558. The Kier molecular flexibility index (Phi) is 6.40. The zero-order chi connectivity index (χ0) is 19.4. The third-order valence-corrected chi connectivity index (χ3v) is 5.68. The summed E-state index contributed by atoms with van der Waals surface area (Å²) < 4.78 is 0. The molecule has 3 rings (SSSR count). The summed E-state index contributed by atoms with van der Waals surface area (Å²) in [7, 11) is 0. The van der Waals surface area contributed by atoms with Gasteiger partial charge in [-0.05, 0) is 54.0 Å². The van der Waals surface area contributed by atoms with Crippen LogP contribution in [0.2, 0.25) is 5.02 Å². The Labute approximate surface area is 169 Å². The number of benzene rings is 2. The molecule has 2 aromatic rings. The monoisotopic (exact) mass is 399 g/mol. The van der Waals surface area contributed by atoms with Gasteiger partial charge in [0.1, 0.15) is 0 Å². The third kappa shape index (κ3) is 4.12. The third-order valence-electron chi connectivity index (χ3n) is 4.48. The van der Waals surface area contributed by atoms with Gasteiger partial charge >= 0.3 is 0 Å². The molecule has 0 N–H and O–H groups in total. The van der Waals surface area contributed by atoms with Gasteiger partial charge in [0.15, 0.2) is 0 Å². The summed E-state index contributed by atoms with van der Waals surface area (Å²) in [5.41, 5.74) is 3.01. The minimum atomic E-state index is -0.278. The molecule has 0 spiro atoms. The first-order chi connectivity index (χ1) is 13.1. The van der Waals surface area contributed by atoms with Crippen LogP contribution in [-0.2, 0) is 16.0 Å². The van der Waals surface area contributed by atoms with Crippen LogP contribution >= 0.6 is 23.4 Å². The van der Waals surface area contributed by atoms with Crippen molar-refractivity contribution in [1.82, 2.24) is 0 Å². The maximum absolute atomic E-state index is 13.1. The van der Waals surface area contributed by atoms with Crippen LogP contribution in [0.25, 0.3) is 5.57 Å². The molecule has 0 aromatic heterocycles. The highest BCUT2D eigenvalue weighted by molar-refractivity contribution is 8.04. The maximum atomic E-state index is 13.1. The molecule has 5 heteroatoms. The molecule has 0 atom stereocenters. The summed E-state index contributed by atoms with van der Waals surface area (Å²) in [6, 6.07) is 14.8. The zero-order valence-corrected chi connectivity index (χ0v) is 17.1. The first-order valence-corrected chi connectivity index (χ1v) is 10.5. The number of amides is 2. The van der Waals surface area contributed by atoms with E-state index in [0.717, 1.165) is 30.6 Å². The molecule has 1 aliphatic rings. The molecule has 2 aromatic carbocycles. The van der Waals surface area contributed by atoms with Crippen molar-refractivity contribution in [2.24, 2.45) is 0 Å². The molecule has 0 radical (unpaired) electrons. The van der Waals surface area contributed by atoms with Gasteiger partial charge in [0.25, 0.3) is 11.8 Å². The standard InChI is InChI=1S/C22H22ClNO2S/c1-3-5-6-15-7-13-18(14-8-15)24-21(25)19(20(22(24)26)27-4-2)16-9-11-17(23)12-10-16/h7-14H,3-6H2,1-2H3. The van der Waals surface area contributed by atoms with Crippen LogP contribution in [0.4, 0.5) is 5.69 Å². The van der Waals surface area contributed by atoms with E-state index < -0.39 is 0 Å². The fourth-order valence-corrected chi connectivity index (χ4v) is 4.07. The number of imide groups is 1. The van der Waals surface area contributed by atoms with Crippen molar-refractivity contribution in [3.63, 3.8) is 0 Å². The number of hydrogen-bond donors (Lipinski definition) is 0. The lowest BCUT2D eigenvalue weighted by Gasteiger charge is -2.15. The van der Waals surface area contributed by atoms with E-state index in [9.17, 15) is 9.59 Å². The van der Waals surface area contributed by atoms with Crippen LogP contribution in [-0.4, -0.2) is 17.6 Å². The number of carbonyl (C=O) groups excluding carboxylic acids is 2. The van der Waals surface area contributed by atoms with Gasteiger partial charge in [0.05, 0.1) is 16.2 Å². The van der Waals surface area contributed by atoms with E-state index >= 15 is 0 Å². The average molecular weight is 400 g/mol. The molecule has 140 valence electrons. The molecule has 0 aliphatic carbocycles.